The molecule has 1 atom stereocenters. The van der Waals surface area contributed by atoms with Crippen LogP contribution in [0.15, 0.2) is 36.4 Å². The molecule has 1 heterocycles. The van der Waals surface area contributed by atoms with Crippen LogP contribution in [0.2, 0.25) is 0 Å². The number of rotatable bonds is 3. The van der Waals surface area contributed by atoms with Gasteiger partial charge in [-0.05, 0) is 61.2 Å². The van der Waals surface area contributed by atoms with E-state index in [1.165, 1.54) is 17.2 Å². The topological polar surface area (TPSA) is 32.3 Å². The Labute approximate surface area is 154 Å². The predicted molar refractivity (Wildman–Crippen MR) is 102 cm³/mol. The van der Waals surface area contributed by atoms with Gasteiger partial charge in [0, 0.05) is 19.6 Å². The van der Waals surface area contributed by atoms with Gasteiger partial charge in [0.2, 0.25) is 0 Å². The van der Waals surface area contributed by atoms with Crippen LogP contribution in [0.5, 0.6) is 0 Å². The predicted octanol–water partition coefficient (Wildman–Crippen LogP) is 3.97. The molecule has 1 aliphatic heterocycles. The Morgan fingerprint density at radius 1 is 1.12 bits per heavy atom. The van der Waals surface area contributed by atoms with E-state index < -0.39 is 5.82 Å². The zero-order valence-corrected chi connectivity index (χ0v) is 15.6. The number of carbonyl (C=O) groups is 1. The van der Waals surface area contributed by atoms with Crippen molar-refractivity contribution in [2.45, 2.75) is 26.3 Å². The lowest BCUT2D eigenvalue weighted by molar-refractivity contribution is 0.0739. The lowest BCUT2D eigenvalue weighted by Gasteiger charge is -2.24. The first-order valence-electron chi connectivity index (χ1n) is 8.32. The largest absolute Gasteiger partial charge is 0.337 e. The normalized spacial score (nSPS) is 16.4. The van der Waals surface area contributed by atoms with E-state index in [1.54, 1.807) is 18.0 Å². The number of nitrogens with one attached hydrogen (secondary N) is 1. The summed E-state index contributed by atoms with van der Waals surface area (Å²) in [5, 5.41) is 3.23. The Morgan fingerprint density at radius 2 is 1.80 bits per heavy atom. The van der Waals surface area contributed by atoms with Gasteiger partial charge in [-0.15, -0.1) is 12.4 Å². The molecule has 0 aromatic heterocycles. The van der Waals surface area contributed by atoms with Crippen molar-refractivity contribution in [2.24, 2.45) is 0 Å². The smallest absolute Gasteiger partial charge is 0.256 e. The van der Waals surface area contributed by atoms with Gasteiger partial charge in [0.1, 0.15) is 5.82 Å². The summed E-state index contributed by atoms with van der Waals surface area (Å²) in [4.78, 5) is 14.2. The lowest BCUT2D eigenvalue weighted by Crippen LogP contribution is -2.38. The van der Waals surface area contributed by atoms with Crippen LogP contribution in [0.1, 0.15) is 27.9 Å². The van der Waals surface area contributed by atoms with Crippen molar-refractivity contribution in [1.82, 2.24) is 10.2 Å². The highest BCUT2D eigenvalue weighted by atomic mass is 35.5. The third-order valence-corrected chi connectivity index (χ3v) is 4.94. The van der Waals surface area contributed by atoms with Gasteiger partial charge in [-0.3, -0.25) is 4.79 Å². The minimum absolute atomic E-state index is 0. The van der Waals surface area contributed by atoms with E-state index in [0.717, 1.165) is 30.6 Å². The van der Waals surface area contributed by atoms with E-state index >= 15 is 0 Å². The average molecular weight is 363 g/mol. The summed E-state index contributed by atoms with van der Waals surface area (Å²) in [5.74, 6) is -0.721. The molecule has 0 radical (unpaired) electrons. The van der Waals surface area contributed by atoms with Crippen molar-refractivity contribution in [3.05, 3.63) is 58.9 Å². The van der Waals surface area contributed by atoms with E-state index in [1.807, 2.05) is 31.2 Å². The maximum absolute atomic E-state index is 14.6. The van der Waals surface area contributed by atoms with Gasteiger partial charge in [-0.2, -0.15) is 0 Å². The number of aryl methyl sites for hydroxylation is 2. The summed E-state index contributed by atoms with van der Waals surface area (Å²) < 4.78 is 14.6. The Hall–Kier alpha value is -1.91. The molecule has 1 amide bonds. The van der Waals surface area contributed by atoms with Crippen molar-refractivity contribution in [1.29, 1.82) is 0 Å². The van der Waals surface area contributed by atoms with Gasteiger partial charge in [0.15, 0.2) is 0 Å². The van der Waals surface area contributed by atoms with Crippen LogP contribution in [-0.2, 0) is 0 Å². The molecule has 2 aromatic carbocycles. The molecule has 3 rings (SSSR count). The van der Waals surface area contributed by atoms with Gasteiger partial charge in [-0.25, -0.2) is 4.39 Å². The van der Waals surface area contributed by atoms with Crippen LogP contribution >= 0.6 is 12.4 Å². The minimum atomic E-state index is -0.464. The average Bonchev–Trinajstić information content (AvgIpc) is 3.10. The Morgan fingerprint density at radius 3 is 2.40 bits per heavy atom. The summed E-state index contributed by atoms with van der Waals surface area (Å²) in [7, 11) is 1.75. The number of carbonyl (C=O) groups excluding carboxylic acids is 1. The Kier molecular flexibility index (Phi) is 6.20. The molecule has 0 spiro atoms. The zero-order valence-electron chi connectivity index (χ0n) is 14.8. The molecule has 1 aliphatic rings. The molecule has 0 saturated carbocycles. The molecule has 5 heteroatoms. The third kappa shape index (κ3) is 4.02. The van der Waals surface area contributed by atoms with Crippen LogP contribution in [0.25, 0.3) is 11.1 Å². The van der Waals surface area contributed by atoms with Gasteiger partial charge >= 0.3 is 0 Å². The summed E-state index contributed by atoms with van der Waals surface area (Å²) in [6, 6.07) is 11.1. The van der Waals surface area contributed by atoms with E-state index in [-0.39, 0.29) is 29.9 Å². The monoisotopic (exact) mass is 362 g/mol. The standard InChI is InChI=1S/C20H23FN2O.ClH/c1-13-4-5-15(10-14(13)2)16-6-7-18(19(21)11-16)20(24)23(3)17-8-9-22-12-17;/h4-7,10-11,17,22H,8-9,12H2,1-3H3;1H. The fraction of sp³-hybridized carbons (Fsp3) is 0.350. The number of likely N-dealkylation sites (N-methyl/N-ethyl adjacent to an activating group) is 1. The number of halogens is 2. The van der Waals surface area contributed by atoms with Gasteiger partial charge in [0.05, 0.1) is 5.56 Å². The molecule has 134 valence electrons. The summed E-state index contributed by atoms with van der Waals surface area (Å²) in [6.07, 6.45) is 0.907. The molecule has 2 aromatic rings. The molecule has 1 unspecified atom stereocenters. The Balaban J connectivity index is 0.00000225. The number of hydrogen-bond acceptors (Lipinski definition) is 2. The first-order valence-corrected chi connectivity index (χ1v) is 8.32. The maximum Gasteiger partial charge on any atom is 0.256 e. The highest BCUT2D eigenvalue weighted by Gasteiger charge is 2.25. The molecule has 3 nitrogen and oxygen atoms in total. The fourth-order valence-electron chi connectivity index (χ4n) is 3.11. The van der Waals surface area contributed by atoms with E-state index in [9.17, 15) is 9.18 Å². The van der Waals surface area contributed by atoms with E-state index in [2.05, 4.69) is 12.2 Å². The van der Waals surface area contributed by atoms with E-state index in [4.69, 9.17) is 0 Å². The number of amides is 1. The summed E-state index contributed by atoms with van der Waals surface area (Å²) in [5.41, 5.74) is 4.26. The second kappa shape index (κ2) is 7.98. The third-order valence-electron chi connectivity index (χ3n) is 4.94. The molecule has 1 N–H and O–H groups in total. The van der Waals surface area contributed by atoms with Crippen LogP contribution in [0.3, 0.4) is 0 Å². The zero-order chi connectivity index (χ0) is 17.3. The maximum atomic E-state index is 14.6. The first-order chi connectivity index (χ1) is 11.5. The molecule has 1 fully saturated rings. The number of benzene rings is 2. The summed E-state index contributed by atoms with van der Waals surface area (Å²) >= 11 is 0. The fourth-order valence-corrected chi connectivity index (χ4v) is 3.11. The molecular weight excluding hydrogens is 339 g/mol. The lowest BCUT2D eigenvalue weighted by atomic mass is 9.99. The Bertz CT molecular complexity index is 772. The molecule has 0 aliphatic carbocycles. The van der Waals surface area contributed by atoms with Crippen LogP contribution in [0.4, 0.5) is 4.39 Å². The van der Waals surface area contributed by atoms with Crippen LogP contribution in [0, 0.1) is 19.7 Å². The SMILES string of the molecule is Cc1ccc(-c2ccc(C(=O)N(C)C3CCNC3)c(F)c2)cc1C.Cl. The highest BCUT2D eigenvalue weighted by molar-refractivity contribution is 5.95. The number of hydrogen-bond donors (Lipinski definition) is 1. The van der Waals surface area contributed by atoms with Gasteiger partial charge in [-0.1, -0.05) is 24.3 Å². The second-order valence-electron chi connectivity index (χ2n) is 6.56. The summed E-state index contributed by atoms with van der Waals surface area (Å²) in [6.45, 7) is 5.76. The van der Waals surface area contributed by atoms with Crippen molar-refractivity contribution in [3.63, 3.8) is 0 Å². The molecule has 1 saturated heterocycles. The van der Waals surface area contributed by atoms with Crippen molar-refractivity contribution in [2.75, 3.05) is 20.1 Å². The number of nitrogens with zero attached hydrogens (tertiary/aromatic N) is 1. The molecule has 25 heavy (non-hydrogen) atoms. The quantitative estimate of drug-likeness (QED) is 0.896. The van der Waals surface area contributed by atoms with Crippen molar-refractivity contribution >= 4 is 18.3 Å². The van der Waals surface area contributed by atoms with Crippen molar-refractivity contribution < 1.29 is 9.18 Å². The molecule has 0 bridgehead atoms. The van der Waals surface area contributed by atoms with Crippen molar-refractivity contribution in [3.8, 4) is 11.1 Å². The first kappa shape index (κ1) is 19.4. The van der Waals surface area contributed by atoms with Gasteiger partial charge < -0.3 is 10.2 Å². The van der Waals surface area contributed by atoms with Gasteiger partial charge in [0.25, 0.3) is 5.91 Å². The minimum Gasteiger partial charge on any atom is -0.337 e. The second-order valence-corrected chi connectivity index (χ2v) is 6.56. The van der Waals surface area contributed by atoms with E-state index in [0.29, 0.717) is 0 Å². The highest BCUT2D eigenvalue weighted by Crippen LogP contribution is 2.25. The van der Waals surface area contributed by atoms with Crippen LogP contribution < -0.4 is 5.32 Å². The molecular formula is C20H24ClFN2O. The van der Waals surface area contributed by atoms with Crippen LogP contribution in [-0.4, -0.2) is 37.0 Å².